The van der Waals surface area contributed by atoms with E-state index in [0.29, 0.717) is 29.1 Å². The molecule has 2 aromatic carbocycles. The lowest BCUT2D eigenvalue weighted by atomic mass is 10.1. The third-order valence-corrected chi connectivity index (χ3v) is 4.15. The molecule has 0 bridgehead atoms. The molecule has 3 rings (SSSR count). The van der Waals surface area contributed by atoms with Crippen molar-refractivity contribution in [2.75, 3.05) is 11.9 Å². The molecule has 0 saturated carbocycles. The molecular formula is C21H22N2O4. The average molecular weight is 366 g/mol. The van der Waals surface area contributed by atoms with Crippen LogP contribution in [0, 0.1) is 13.8 Å². The van der Waals surface area contributed by atoms with E-state index in [9.17, 15) is 9.59 Å². The van der Waals surface area contributed by atoms with Crippen LogP contribution in [0.3, 0.4) is 0 Å². The van der Waals surface area contributed by atoms with E-state index in [1.165, 1.54) is 0 Å². The number of benzene rings is 2. The lowest BCUT2D eigenvalue weighted by Gasteiger charge is -2.06. The molecule has 1 heterocycles. The van der Waals surface area contributed by atoms with E-state index in [-0.39, 0.29) is 18.3 Å². The van der Waals surface area contributed by atoms with Crippen molar-refractivity contribution in [3.8, 4) is 0 Å². The number of anilines is 1. The Morgan fingerprint density at radius 3 is 2.59 bits per heavy atom. The number of aromatic nitrogens is 1. The number of carbonyl (C=O) groups is 2. The number of nitrogens with zero attached hydrogens (tertiary/aromatic N) is 1. The third-order valence-electron chi connectivity index (χ3n) is 4.15. The van der Waals surface area contributed by atoms with Crippen LogP contribution in [0.5, 0.6) is 0 Å². The van der Waals surface area contributed by atoms with Gasteiger partial charge in [-0.2, -0.15) is 0 Å². The Hall–Kier alpha value is -3.15. The zero-order valence-electron chi connectivity index (χ0n) is 15.7. The van der Waals surface area contributed by atoms with Gasteiger partial charge < -0.3 is 14.6 Å². The second-order valence-corrected chi connectivity index (χ2v) is 6.53. The Kier molecular flexibility index (Phi) is 5.54. The summed E-state index contributed by atoms with van der Waals surface area (Å²) in [6, 6.07) is 10.6. The van der Waals surface area contributed by atoms with Gasteiger partial charge in [0.25, 0.3) is 0 Å². The number of hydrogen-bond acceptors (Lipinski definition) is 5. The maximum absolute atomic E-state index is 12.4. The molecular weight excluding hydrogens is 344 g/mol. The molecule has 0 radical (unpaired) electrons. The van der Waals surface area contributed by atoms with Crippen LogP contribution >= 0.6 is 0 Å². The first-order valence-electron chi connectivity index (χ1n) is 8.90. The molecule has 0 unspecified atom stereocenters. The van der Waals surface area contributed by atoms with Gasteiger partial charge in [-0.1, -0.05) is 18.1 Å². The molecule has 0 aliphatic carbocycles. The largest absolute Gasteiger partial charge is 0.462 e. The van der Waals surface area contributed by atoms with Crippen LogP contribution in [-0.2, 0) is 16.0 Å². The van der Waals surface area contributed by atoms with Gasteiger partial charge in [0.15, 0.2) is 5.58 Å². The van der Waals surface area contributed by atoms with Crippen LogP contribution in [0.1, 0.15) is 40.5 Å². The molecule has 6 heteroatoms. The smallest absolute Gasteiger partial charge is 0.338 e. The maximum atomic E-state index is 12.4. The first-order valence-corrected chi connectivity index (χ1v) is 8.90. The van der Waals surface area contributed by atoms with Crippen LogP contribution in [0.15, 0.2) is 40.9 Å². The molecule has 0 aliphatic rings. The summed E-state index contributed by atoms with van der Waals surface area (Å²) in [5.74, 6) is -0.569. The van der Waals surface area contributed by atoms with Gasteiger partial charge in [-0.05, 0) is 61.7 Å². The number of carbonyl (C=O) groups excluding carboxylic acids is 2. The molecule has 0 atom stereocenters. The third kappa shape index (κ3) is 4.34. The molecule has 1 aromatic heterocycles. The van der Waals surface area contributed by atoms with Crippen molar-refractivity contribution in [2.24, 2.45) is 0 Å². The normalized spacial score (nSPS) is 10.8. The average Bonchev–Trinajstić information content (AvgIpc) is 3.03. The van der Waals surface area contributed by atoms with Crippen molar-refractivity contribution < 1.29 is 18.8 Å². The first-order chi connectivity index (χ1) is 13.0. The number of esters is 1. The Morgan fingerprint density at radius 2 is 1.89 bits per heavy atom. The second kappa shape index (κ2) is 8.03. The highest BCUT2D eigenvalue weighted by molar-refractivity contribution is 5.96. The molecule has 140 valence electrons. The predicted octanol–water partition coefficient (Wildman–Crippen LogP) is 4.19. The van der Waals surface area contributed by atoms with Crippen molar-refractivity contribution >= 4 is 28.5 Å². The highest BCUT2D eigenvalue weighted by atomic mass is 16.5. The van der Waals surface area contributed by atoms with Crippen molar-refractivity contribution in [3.63, 3.8) is 0 Å². The summed E-state index contributed by atoms with van der Waals surface area (Å²) in [5, 5.41) is 7.72. The van der Waals surface area contributed by atoms with E-state index >= 15 is 0 Å². The van der Waals surface area contributed by atoms with Crippen molar-refractivity contribution in [2.45, 2.75) is 33.6 Å². The fraction of sp³-hybridized carbons (Fsp3) is 0.286. The Bertz CT molecular complexity index is 974. The van der Waals surface area contributed by atoms with E-state index in [0.717, 1.165) is 22.9 Å². The standard InChI is InChI=1S/C21H22N2O4/c1-4-9-26-21(25)15-5-7-16(8-6-15)22-19(24)12-18-17-11-13(2)10-14(3)20(17)27-23-18/h5-8,10-11H,4,9,12H2,1-3H3,(H,22,24). The molecule has 1 N–H and O–H groups in total. The molecule has 0 saturated heterocycles. The van der Waals surface area contributed by atoms with E-state index in [1.807, 2.05) is 32.9 Å². The van der Waals surface area contributed by atoms with E-state index in [4.69, 9.17) is 9.26 Å². The molecule has 0 aliphatic heterocycles. The van der Waals surface area contributed by atoms with Crippen molar-refractivity contribution in [1.29, 1.82) is 0 Å². The van der Waals surface area contributed by atoms with Crippen LogP contribution in [-0.4, -0.2) is 23.6 Å². The van der Waals surface area contributed by atoms with Gasteiger partial charge in [-0.3, -0.25) is 4.79 Å². The number of aryl methyl sites for hydroxylation is 2. The maximum Gasteiger partial charge on any atom is 0.338 e. The Morgan fingerprint density at radius 1 is 1.15 bits per heavy atom. The lowest BCUT2D eigenvalue weighted by molar-refractivity contribution is -0.115. The minimum Gasteiger partial charge on any atom is -0.462 e. The second-order valence-electron chi connectivity index (χ2n) is 6.53. The van der Waals surface area contributed by atoms with Gasteiger partial charge in [-0.25, -0.2) is 4.79 Å². The lowest BCUT2D eigenvalue weighted by Crippen LogP contribution is -2.15. The molecule has 27 heavy (non-hydrogen) atoms. The fourth-order valence-corrected chi connectivity index (χ4v) is 2.89. The number of fused-ring (bicyclic) bond motifs is 1. The summed E-state index contributed by atoms with van der Waals surface area (Å²) >= 11 is 0. The van der Waals surface area contributed by atoms with Gasteiger partial charge in [0.05, 0.1) is 18.6 Å². The topological polar surface area (TPSA) is 81.4 Å². The Balaban J connectivity index is 1.67. The number of hydrogen-bond donors (Lipinski definition) is 1. The number of nitrogens with one attached hydrogen (secondary N) is 1. The fourth-order valence-electron chi connectivity index (χ4n) is 2.89. The van der Waals surface area contributed by atoms with E-state index in [1.54, 1.807) is 24.3 Å². The molecule has 6 nitrogen and oxygen atoms in total. The van der Waals surface area contributed by atoms with Gasteiger partial charge in [0.1, 0.15) is 5.69 Å². The van der Waals surface area contributed by atoms with Crippen LogP contribution < -0.4 is 5.32 Å². The van der Waals surface area contributed by atoms with Gasteiger partial charge in [-0.15, -0.1) is 0 Å². The van der Waals surface area contributed by atoms with Gasteiger partial charge in [0.2, 0.25) is 5.91 Å². The minimum absolute atomic E-state index is 0.107. The molecule has 3 aromatic rings. The predicted molar refractivity (Wildman–Crippen MR) is 103 cm³/mol. The van der Waals surface area contributed by atoms with Crippen LogP contribution in [0.25, 0.3) is 11.0 Å². The SMILES string of the molecule is CCCOC(=O)c1ccc(NC(=O)Cc2noc3c(C)cc(C)cc23)cc1. The number of rotatable bonds is 6. The summed E-state index contributed by atoms with van der Waals surface area (Å²) in [6.45, 7) is 6.28. The van der Waals surface area contributed by atoms with Crippen LogP contribution in [0.2, 0.25) is 0 Å². The van der Waals surface area contributed by atoms with Gasteiger partial charge >= 0.3 is 5.97 Å². The van der Waals surface area contributed by atoms with E-state index in [2.05, 4.69) is 10.5 Å². The first kappa shape index (κ1) is 18.6. The van der Waals surface area contributed by atoms with E-state index < -0.39 is 0 Å². The number of amides is 1. The van der Waals surface area contributed by atoms with Crippen molar-refractivity contribution in [1.82, 2.24) is 5.16 Å². The van der Waals surface area contributed by atoms with Gasteiger partial charge in [0, 0.05) is 11.1 Å². The monoisotopic (exact) mass is 366 g/mol. The Labute approximate surface area is 157 Å². The summed E-state index contributed by atoms with van der Waals surface area (Å²) in [5.41, 5.74) is 4.46. The highest BCUT2D eigenvalue weighted by Crippen LogP contribution is 2.24. The van der Waals surface area contributed by atoms with Crippen LogP contribution in [0.4, 0.5) is 5.69 Å². The van der Waals surface area contributed by atoms with Crippen molar-refractivity contribution in [3.05, 3.63) is 58.8 Å². The zero-order chi connectivity index (χ0) is 19.4. The quantitative estimate of drug-likeness (QED) is 0.662. The molecule has 0 spiro atoms. The summed E-state index contributed by atoms with van der Waals surface area (Å²) in [7, 11) is 0. The summed E-state index contributed by atoms with van der Waals surface area (Å²) < 4.78 is 10.5. The molecule has 0 fully saturated rings. The summed E-state index contributed by atoms with van der Waals surface area (Å²) in [6.07, 6.45) is 0.881. The number of ether oxygens (including phenoxy) is 1. The zero-order valence-corrected chi connectivity index (χ0v) is 15.7. The minimum atomic E-state index is -0.366. The highest BCUT2D eigenvalue weighted by Gasteiger charge is 2.15. The molecule has 1 amide bonds. The summed E-state index contributed by atoms with van der Waals surface area (Å²) in [4.78, 5) is 24.2.